The molecule has 1 aliphatic carbocycles. The van der Waals surface area contributed by atoms with Crippen LogP contribution in [0.1, 0.15) is 92.8 Å². The van der Waals surface area contributed by atoms with Crippen LogP contribution in [0.2, 0.25) is 0 Å². The van der Waals surface area contributed by atoms with E-state index in [0.29, 0.717) is 48.0 Å². The predicted molar refractivity (Wildman–Crippen MR) is 137 cm³/mol. The molecule has 37 heavy (non-hydrogen) atoms. The van der Waals surface area contributed by atoms with Crippen LogP contribution in [-0.2, 0) is 6.54 Å². The number of benzene rings is 1. The number of H-pyrrole nitrogens is 1. The Kier molecular flexibility index (Phi) is 7.17. The Morgan fingerprint density at radius 2 is 1.97 bits per heavy atom. The third-order valence-electron chi connectivity index (χ3n) is 8.11. The minimum atomic E-state index is -1.03. The number of carbonyl (C=O) groups excluding carboxylic acids is 1. The summed E-state index contributed by atoms with van der Waals surface area (Å²) in [7, 11) is 0. The average molecular weight is 511 g/mol. The van der Waals surface area contributed by atoms with Gasteiger partial charge in [-0.15, -0.1) is 0 Å². The van der Waals surface area contributed by atoms with Crippen molar-refractivity contribution in [1.82, 2.24) is 30.0 Å². The Balaban J connectivity index is 1.50. The lowest BCUT2D eigenvalue weighted by atomic mass is 9.79. The van der Waals surface area contributed by atoms with Crippen LogP contribution in [0.4, 0.5) is 9.18 Å². The van der Waals surface area contributed by atoms with Gasteiger partial charge in [0.1, 0.15) is 17.0 Å². The van der Waals surface area contributed by atoms with Crippen molar-refractivity contribution in [2.75, 3.05) is 6.54 Å². The molecule has 1 saturated carbocycles. The third-order valence-corrected chi connectivity index (χ3v) is 8.11. The number of aromatic amines is 1. The van der Waals surface area contributed by atoms with Gasteiger partial charge in [0.05, 0.1) is 17.6 Å². The molecule has 2 atom stereocenters. The van der Waals surface area contributed by atoms with Gasteiger partial charge in [-0.3, -0.25) is 9.48 Å². The molecule has 1 aliphatic heterocycles. The van der Waals surface area contributed by atoms with Gasteiger partial charge in [0.25, 0.3) is 5.91 Å². The Morgan fingerprint density at radius 1 is 1.19 bits per heavy atom. The van der Waals surface area contributed by atoms with Crippen molar-refractivity contribution in [2.45, 2.75) is 77.4 Å². The van der Waals surface area contributed by atoms with E-state index in [4.69, 9.17) is 0 Å². The summed E-state index contributed by atoms with van der Waals surface area (Å²) < 4.78 is 17.5. The number of aromatic nitrogens is 4. The first-order chi connectivity index (χ1) is 17.9. The molecule has 1 saturated heterocycles. The van der Waals surface area contributed by atoms with E-state index in [1.807, 2.05) is 6.92 Å². The zero-order valence-electron chi connectivity index (χ0n) is 21.4. The molecule has 0 bridgehead atoms. The first-order valence-corrected chi connectivity index (χ1v) is 13.4. The van der Waals surface area contributed by atoms with Crippen molar-refractivity contribution in [3.05, 3.63) is 47.3 Å². The molecule has 9 nitrogen and oxygen atoms in total. The number of hydrogen-bond acceptors (Lipinski definition) is 4. The summed E-state index contributed by atoms with van der Waals surface area (Å²) in [6, 6.07) is 4.21. The molecule has 2 aromatic heterocycles. The fourth-order valence-electron chi connectivity index (χ4n) is 5.99. The first kappa shape index (κ1) is 25.2. The number of piperidine rings is 1. The molecule has 5 rings (SSSR count). The van der Waals surface area contributed by atoms with Gasteiger partial charge in [-0.2, -0.15) is 5.10 Å². The molecule has 2 unspecified atom stereocenters. The lowest BCUT2D eigenvalue weighted by molar-refractivity contribution is 0.0893. The molecule has 10 heteroatoms. The summed E-state index contributed by atoms with van der Waals surface area (Å²) >= 11 is 0. The topological polar surface area (TPSA) is 116 Å². The van der Waals surface area contributed by atoms with Crippen LogP contribution in [0, 0.1) is 17.7 Å². The number of nitrogens with zero attached hydrogens (tertiary/aromatic N) is 4. The molecule has 2 fully saturated rings. The van der Waals surface area contributed by atoms with Crippen molar-refractivity contribution >= 4 is 23.0 Å². The number of carbonyl (C=O) groups is 2. The quantitative estimate of drug-likeness (QED) is 0.409. The lowest BCUT2D eigenvalue weighted by Crippen LogP contribution is -2.37. The van der Waals surface area contributed by atoms with Gasteiger partial charge in [0, 0.05) is 24.8 Å². The molecule has 198 valence electrons. The number of hydrogen-bond donors (Lipinski definition) is 3. The van der Waals surface area contributed by atoms with E-state index in [1.165, 1.54) is 4.90 Å². The highest BCUT2D eigenvalue weighted by Gasteiger charge is 2.34. The highest BCUT2D eigenvalue weighted by atomic mass is 19.1. The van der Waals surface area contributed by atoms with E-state index in [0.717, 1.165) is 38.5 Å². The molecule has 3 heterocycles. The lowest BCUT2D eigenvalue weighted by Gasteiger charge is -2.34. The number of nitrogens with one attached hydrogen (secondary N) is 2. The standard InChI is InChI=1S/C27H35FN6O3/c1-3-34-21(13-14-29-34)26(35)32-23(17-9-7-16(2)8-10-17)25-30-19-12-11-18(22(28)24(19)31-25)20-6-4-5-15-33(20)27(36)37/h11-14,16-17,20,23H,3-10,15H2,1-2H3,(H,30,31)(H,32,35)(H,36,37). The van der Waals surface area contributed by atoms with Crippen LogP contribution >= 0.6 is 0 Å². The van der Waals surface area contributed by atoms with E-state index in [2.05, 4.69) is 27.3 Å². The second-order valence-corrected chi connectivity index (χ2v) is 10.5. The SMILES string of the molecule is CCn1nccc1C(=O)NC(c1nc2c(F)c(C3CCCCN3C(=O)O)ccc2[nH]1)C1CCC(C)CC1. The largest absolute Gasteiger partial charge is 0.465 e. The van der Waals surface area contributed by atoms with E-state index < -0.39 is 24.0 Å². The maximum absolute atomic E-state index is 15.8. The van der Waals surface area contributed by atoms with Gasteiger partial charge in [-0.05, 0) is 63.0 Å². The number of aryl methyl sites for hydroxylation is 1. The Labute approximate surface area is 215 Å². The second kappa shape index (κ2) is 10.5. The molecule has 0 spiro atoms. The molecule has 2 aliphatic rings. The van der Waals surface area contributed by atoms with Gasteiger partial charge in [-0.1, -0.05) is 25.8 Å². The molecule has 1 aromatic carbocycles. The van der Waals surface area contributed by atoms with Gasteiger partial charge in [0.15, 0.2) is 5.82 Å². The van der Waals surface area contributed by atoms with Crippen molar-refractivity contribution < 1.29 is 19.1 Å². The van der Waals surface area contributed by atoms with Crippen molar-refractivity contribution in [3.63, 3.8) is 0 Å². The number of likely N-dealkylation sites (tertiary alicyclic amines) is 1. The summed E-state index contributed by atoms with van der Waals surface area (Å²) in [5, 5.41) is 17.0. The molecule has 3 N–H and O–H groups in total. The second-order valence-electron chi connectivity index (χ2n) is 10.5. The van der Waals surface area contributed by atoms with Crippen molar-refractivity contribution in [1.29, 1.82) is 0 Å². The molecule has 3 aromatic rings. The van der Waals surface area contributed by atoms with Crippen LogP contribution < -0.4 is 5.32 Å². The zero-order chi connectivity index (χ0) is 26.1. The molecular formula is C27H35FN6O3. The number of imidazole rings is 1. The predicted octanol–water partition coefficient (Wildman–Crippen LogP) is 5.42. The Hall–Kier alpha value is -3.43. The van der Waals surface area contributed by atoms with E-state index in [1.54, 1.807) is 29.1 Å². The monoisotopic (exact) mass is 510 g/mol. The number of rotatable bonds is 6. The van der Waals surface area contributed by atoms with Crippen molar-refractivity contribution in [3.8, 4) is 0 Å². The smallest absolute Gasteiger partial charge is 0.407 e. The fraction of sp³-hybridized carbons (Fsp3) is 0.556. The normalized spacial score (nSPS) is 23.2. The van der Waals surface area contributed by atoms with Crippen LogP contribution in [0.5, 0.6) is 0 Å². The summed E-state index contributed by atoms with van der Waals surface area (Å²) in [6.45, 7) is 5.15. The molecule has 0 radical (unpaired) electrons. The summed E-state index contributed by atoms with van der Waals surface area (Å²) in [5.41, 5.74) is 1.56. The highest BCUT2D eigenvalue weighted by molar-refractivity contribution is 5.92. The zero-order valence-corrected chi connectivity index (χ0v) is 21.4. The van der Waals surface area contributed by atoms with Crippen LogP contribution in [0.3, 0.4) is 0 Å². The average Bonchev–Trinajstić information content (AvgIpc) is 3.56. The minimum Gasteiger partial charge on any atom is -0.465 e. The minimum absolute atomic E-state index is 0.169. The fourth-order valence-corrected chi connectivity index (χ4v) is 5.99. The van der Waals surface area contributed by atoms with E-state index in [9.17, 15) is 14.7 Å². The van der Waals surface area contributed by atoms with E-state index in [-0.39, 0.29) is 17.3 Å². The number of amides is 2. The number of carboxylic acid groups (broad SMARTS) is 1. The van der Waals surface area contributed by atoms with Crippen LogP contribution in [0.25, 0.3) is 11.0 Å². The van der Waals surface area contributed by atoms with Gasteiger partial charge < -0.3 is 20.3 Å². The summed E-state index contributed by atoms with van der Waals surface area (Å²) in [4.78, 5) is 34.3. The van der Waals surface area contributed by atoms with Crippen LogP contribution in [-0.4, -0.2) is 48.3 Å². The van der Waals surface area contributed by atoms with Gasteiger partial charge in [-0.25, -0.2) is 14.2 Å². The highest BCUT2D eigenvalue weighted by Crippen LogP contribution is 2.38. The van der Waals surface area contributed by atoms with E-state index >= 15 is 4.39 Å². The van der Waals surface area contributed by atoms with Gasteiger partial charge >= 0.3 is 6.09 Å². The third kappa shape index (κ3) is 4.93. The molecule has 2 amide bonds. The van der Waals surface area contributed by atoms with Crippen LogP contribution in [0.15, 0.2) is 24.4 Å². The van der Waals surface area contributed by atoms with Crippen molar-refractivity contribution in [2.24, 2.45) is 11.8 Å². The number of fused-ring (bicyclic) bond motifs is 1. The summed E-state index contributed by atoms with van der Waals surface area (Å²) in [6.07, 6.45) is 6.80. The molecular weight excluding hydrogens is 475 g/mol. The first-order valence-electron chi connectivity index (χ1n) is 13.4. The Morgan fingerprint density at radius 3 is 2.70 bits per heavy atom. The maximum Gasteiger partial charge on any atom is 0.407 e. The summed E-state index contributed by atoms with van der Waals surface area (Å²) in [5.74, 6) is 0.605. The number of halogens is 1. The van der Waals surface area contributed by atoms with Gasteiger partial charge in [0.2, 0.25) is 0 Å². The Bertz CT molecular complexity index is 1280. The maximum atomic E-state index is 15.8.